The topological polar surface area (TPSA) is 53.6 Å². The summed E-state index contributed by atoms with van der Waals surface area (Å²) < 4.78 is 19.2. The molecule has 2 saturated heterocycles. The summed E-state index contributed by atoms with van der Waals surface area (Å²) in [5.74, 6) is -0.457. The number of nitrogens with one attached hydrogen (secondary N) is 2. The molecule has 27 heavy (non-hydrogen) atoms. The van der Waals surface area contributed by atoms with Gasteiger partial charge in [0.25, 0.3) is 0 Å². The van der Waals surface area contributed by atoms with Gasteiger partial charge in [0.05, 0.1) is 18.2 Å². The van der Waals surface area contributed by atoms with E-state index in [1.807, 2.05) is 0 Å². The molecule has 0 saturated carbocycles. The third-order valence-corrected chi connectivity index (χ3v) is 5.48. The molecule has 3 rings (SSSR count). The average molecular weight is 398 g/mol. The molecule has 1 unspecified atom stereocenters. The highest BCUT2D eigenvalue weighted by Crippen LogP contribution is 2.29. The summed E-state index contributed by atoms with van der Waals surface area (Å²) in [7, 11) is 0. The van der Waals surface area contributed by atoms with Crippen molar-refractivity contribution in [2.24, 2.45) is 0 Å². The minimum Gasteiger partial charge on any atom is -0.370 e. The number of amides is 2. The van der Waals surface area contributed by atoms with Crippen molar-refractivity contribution in [3.63, 3.8) is 0 Å². The molecule has 1 atom stereocenters. The van der Waals surface area contributed by atoms with Crippen molar-refractivity contribution in [1.29, 1.82) is 0 Å². The van der Waals surface area contributed by atoms with Crippen molar-refractivity contribution < 1.29 is 13.9 Å². The molecule has 0 aromatic heterocycles. The summed E-state index contributed by atoms with van der Waals surface area (Å²) in [5.41, 5.74) is 0.721. The van der Waals surface area contributed by atoms with Gasteiger partial charge < -0.3 is 20.3 Å². The van der Waals surface area contributed by atoms with Crippen molar-refractivity contribution in [1.82, 2.24) is 15.5 Å². The number of hydrogen-bond donors (Lipinski definition) is 2. The Kier molecular flexibility index (Phi) is 5.71. The van der Waals surface area contributed by atoms with Crippen LogP contribution in [-0.4, -0.2) is 47.7 Å². The normalized spacial score (nSPS) is 25.3. The smallest absolute Gasteiger partial charge is 0.317 e. The van der Waals surface area contributed by atoms with E-state index in [-0.39, 0.29) is 34.3 Å². The zero-order valence-electron chi connectivity index (χ0n) is 16.4. The van der Waals surface area contributed by atoms with E-state index in [0.29, 0.717) is 19.7 Å². The summed E-state index contributed by atoms with van der Waals surface area (Å²) in [6.45, 7) is 10.1. The van der Waals surface area contributed by atoms with Crippen molar-refractivity contribution >= 4 is 17.6 Å². The molecular weight excluding hydrogens is 369 g/mol. The van der Waals surface area contributed by atoms with E-state index >= 15 is 0 Å². The lowest BCUT2D eigenvalue weighted by Crippen LogP contribution is -2.63. The van der Waals surface area contributed by atoms with E-state index in [0.717, 1.165) is 18.4 Å². The Morgan fingerprint density at radius 3 is 2.59 bits per heavy atom. The number of carbonyl (C=O) groups excluding carboxylic acids is 1. The fourth-order valence-electron chi connectivity index (χ4n) is 4.44. The first-order valence-corrected chi connectivity index (χ1v) is 9.84. The quantitative estimate of drug-likeness (QED) is 0.796. The summed E-state index contributed by atoms with van der Waals surface area (Å²) in [4.78, 5) is 14.6. The first-order chi connectivity index (χ1) is 12.5. The van der Waals surface area contributed by atoms with Crippen molar-refractivity contribution in [2.45, 2.75) is 63.8 Å². The maximum Gasteiger partial charge on any atom is 0.317 e. The van der Waals surface area contributed by atoms with Gasteiger partial charge in [-0.15, -0.1) is 0 Å². The first-order valence-electron chi connectivity index (χ1n) is 9.46. The Bertz CT molecular complexity index is 694. The van der Waals surface area contributed by atoms with Crippen LogP contribution in [0.5, 0.6) is 0 Å². The maximum atomic E-state index is 13.4. The molecule has 1 aromatic rings. The number of carbonyl (C=O) groups is 1. The third kappa shape index (κ3) is 5.12. The molecule has 2 aliphatic heterocycles. The number of piperidine rings is 1. The zero-order valence-corrected chi connectivity index (χ0v) is 17.2. The van der Waals surface area contributed by atoms with E-state index in [4.69, 9.17) is 16.3 Å². The number of urea groups is 1. The second kappa shape index (κ2) is 7.57. The number of nitrogens with zero attached hydrogens (tertiary/aromatic N) is 1. The van der Waals surface area contributed by atoms with Gasteiger partial charge in [0.15, 0.2) is 0 Å². The van der Waals surface area contributed by atoms with Crippen molar-refractivity contribution in [3.05, 3.63) is 34.6 Å². The summed E-state index contributed by atoms with van der Waals surface area (Å²) >= 11 is 5.88. The van der Waals surface area contributed by atoms with Crippen LogP contribution < -0.4 is 10.6 Å². The summed E-state index contributed by atoms with van der Waals surface area (Å²) in [6, 6.07) is 4.60. The molecule has 150 valence electrons. The Morgan fingerprint density at radius 1 is 1.30 bits per heavy atom. The van der Waals surface area contributed by atoms with Gasteiger partial charge in [-0.05, 0) is 58.2 Å². The highest BCUT2D eigenvalue weighted by atomic mass is 35.5. The van der Waals surface area contributed by atoms with Crippen LogP contribution in [-0.2, 0) is 4.74 Å². The molecular formula is C20H29ClFN3O2. The molecule has 7 heteroatoms. The molecule has 2 heterocycles. The van der Waals surface area contributed by atoms with Gasteiger partial charge in [-0.25, -0.2) is 9.18 Å². The van der Waals surface area contributed by atoms with E-state index in [2.05, 4.69) is 38.3 Å². The van der Waals surface area contributed by atoms with Gasteiger partial charge in [0, 0.05) is 23.7 Å². The minimum absolute atomic E-state index is 0.0297. The van der Waals surface area contributed by atoms with Crippen LogP contribution in [0.25, 0.3) is 0 Å². The monoisotopic (exact) mass is 397 g/mol. The molecule has 0 aliphatic carbocycles. The van der Waals surface area contributed by atoms with Crippen LogP contribution >= 0.6 is 11.6 Å². The third-order valence-electron chi connectivity index (χ3n) is 5.19. The fourth-order valence-corrected chi connectivity index (χ4v) is 4.63. The average Bonchev–Trinajstić information content (AvgIpc) is 2.54. The maximum absolute atomic E-state index is 13.4. The fraction of sp³-hybridized carbons (Fsp3) is 0.650. The lowest BCUT2D eigenvalue weighted by atomic mass is 9.79. The number of morpholine rings is 1. The molecule has 2 amide bonds. The van der Waals surface area contributed by atoms with Gasteiger partial charge in [0.2, 0.25) is 0 Å². The van der Waals surface area contributed by atoms with Crippen molar-refractivity contribution in [2.75, 3.05) is 19.7 Å². The van der Waals surface area contributed by atoms with Gasteiger partial charge in [0.1, 0.15) is 11.9 Å². The van der Waals surface area contributed by atoms with E-state index < -0.39 is 5.82 Å². The Labute approximate surface area is 165 Å². The Morgan fingerprint density at radius 2 is 1.96 bits per heavy atom. The number of ether oxygens (including phenoxy) is 1. The Hall–Kier alpha value is -1.37. The lowest BCUT2D eigenvalue weighted by molar-refractivity contribution is -0.0163. The first kappa shape index (κ1) is 20.4. The molecule has 0 bridgehead atoms. The summed E-state index contributed by atoms with van der Waals surface area (Å²) in [6.07, 6.45) is 1.45. The van der Waals surface area contributed by atoms with E-state index in [9.17, 15) is 9.18 Å². The predicted molar refractivity (Wildman–Crippen MR) is 105 cm³/mol. The molecule has 2 N–H and O–H groups in total. The number of halogens is 2. The minimum atomic E-state index is -0.457. The number of benzene rings is 1. The van der Waals surface area contributed by atoms with Gasteiger partial charge >= 0.3 is 6.03 Å². The zero-order chi connectivity index (χ0) is 19.8. The van der Waals surface area contributed by atoms with Crippen LogP contribution in [0.15, 0.2) is 18.2 Å². The highest BCUT2D eigenvalue weighted by Gasteiger charge is 2.39. The van der Waals surface area contributed by atoms with Gasteiger partial charge in [-0.2, -0.15) is 0 Å². The molecule has 2 aliphatic rings. The largest absolute Gasteiger partial charge is 0.370 e. The standard InChI is InChI=1S/C20H29ClFN3O2/c1-19(2)10-14(11-20(3,4)24-19)23-18(26)25-7-8-27-17(12-25)13-5-6-16(22)15(21)9-13/h5-6,9,14,17,24H,7-8,10-12H2,1-4H3,(H,23,26). The molecule has 2 fully saturated rings. The van der Waals surface area contributed by atoms with E-state index in [1.54, 1.807) is 17.0 Å². The van der Waals surface area contributed by atoms with E-state index in [1.165, 1.54) is 6.07 Å². The van der Waals surface area contributed by atoms with Crippen LogP contribution in [0.4, 0.5) is 9.18 Å². The molecule has 1 aromatic carbocycles. The van der Waals surface area contributed by atoms with Gasteiger partial charge in [-0.3, -0.25) is 0 Å². The highest BCUT2D eigenvalue weighted by molar-refractivity contribution is 6.30. The molecule has 5 nitrogen and oxygen atoms in total. The number of rotatable bonds is 2. The predicted octanol–water partition coefficient (Wildman–Crippen LogP) is 3.87. The SMILES string of the molecule is CC1(C)CC(NC(=O)N2CCOC(c3ccc(F)c(Cl)c3)C2)CC(C)(C)N1. The van der Waals surface area contributed by atoms with Crippen LogP contribution in [0, 0.1) is 5.82 Å². The van der Waals surface area contributed by atoms with Crippen LogP contribution in [0.3, 0.4) is 0 Å². The second-order valence-corrected chi connectivity index (χ2v) is 9.33. The van der Waals surface area contributed by atoms with Gasteiger partial charge in [-0.1, -0.05) is 17.7 Å². The van der Waals surface area contributed by atoms with Crippen molar-refractivity contribution in [3.8, 4) is 0 Å². The molecule has 0 radical (unpaired) electrons. The lowest BCUT2D eigenvalue weighted by Gasteiger charge is -2.47. The molecule has 0 spiro atoms. The number of hydrogen-bond acceptors (Lipinski definition) is 3. The van der Waals surface area contributed by atoms with Crippen LogP contribution in [0.2, 0.25) is 5.02 Å². The Balaban J connectivity index is 1.63. The summed E-state index contributed by atoms with van der Waals surface area (Å²) in [5, 5.41) is 6.89. The second-order valence-electron chi connectivity index (χ2n) is 8.93. The van der Waals surface area contributed by atoms with Crippen LogP contribution in [0.1, 0.15) is 52.2 Å².